The molecule has 0 bridgehead atoms. The molecule has 0 fully saturated rings. The summed E-state index contributed by atoms with van der Waals surface area (Å²) in [6.07, 6.45) is 2.80. The number of pyridine rings is 1. The van der Waals surface area contributed by atoms with Gasteiger partial charge in [-0.1, -0.05) is 22.9 Å². The number of hydrogen-bond acceptors (Lipinski definition) is 2. The van der Waals surface area contributed by atoms with Crippen LogP contribution in [0.4, 0.5) is 0 Å². The minimum absolute atomic E-state index is 0.451. The Balaban J connectivity index is 2.73. The largest absolute Gasteiger partial charge is 0.330 e. The van der Waals surface area contributed by atoms with Crippen molar-refractivity contribution in [2.45, 2.75) is 19.3 Å². The molecule has 0 saturated heterocycles. The van der Waals surface area contributed by atoms with Crippen LogP contribution in [0.15, 0.2) is 22.8 Å². The van der Waals surface area contributed by atoms with Gasteiger partial charge in [-0.05, 0) is 31.0 Å². The van der Waals surface area contributed by atoms with Gasteiger partial charge in [-0.3, -0.25) is 4.98 Å². The van der Waals surface area contributed by atoms with Gasteiger partial charge in [0.15, 0.2) is 0 Å². The maximum absolute atomic E-state index is 5.47. The molecule has 12 heavy (non-hydrogen) atoms. The lowest BCUT2D eigenvalue weighted by molar-refractivity contribution is 0.670. The van der Waals surface area contributed by atoms with Crippen molar-refractivity contribution in [1.82, 2.24) is 4.98 Å². The Labute approximate surface area is 81.3 Å². The molecule has 2 N–H and O–H groups in total. The van der Waals surface area contributed by atoms with Crippen molar-refractivity contribution >= 4 is 15.9 Å². The van der Waals surface area contributed by atoms with Crippen molar-refractivity contribution in [2.24, 2.45) is 5.73 Å². The molecule has 0 saturated carbocycles. The molecule has 1 aromatic rings. The highest BCUT2D eigenvalue weighted by Crippen LogP contribution is 2.18. The molecule has 0 aliphatic heterocycles. The van der Waals surface area contributed by atoms with E-state index < -0.39 is 0 Å². The van der Waals surface area contributed by atoms with E-state index in [0.29, 0.717) is 5.92 Å². The highest BCUT2D eigenvalue weighted by Gasteiger charge is 2.05. The molecule has 1 rings (SSSR count). The zero-order chi connectivity index (χ0) is 8.97. The third-order valence-corrected chi connectivity index (χ3v) is 2.34. The number of nitrogens with two attached hydrogens (primary N) is 1. The van der Waals surface area contributed by atoms with E-state index in [1.807, 2.05) is 18.3 Å². The minimum Gasteiger partial charge on any atom is -0.330 e. The van der Waals surface area contributed by atoms with Crippen LogP contribution in [0, 0.1) is 0 Å². The van der Waals surface area contributed by atoms with Gasteiger partial charge in [-0.25, -0.2) is 0 Å². The predicted molar refractivity (Wildman–Crippen MR) is 54.0 cm³/mol. The monoisotopic (exact) mass is 228 g/mol. The summed E-state index contributed by atoms with van der Waals surface area (Å²) >= 11 is 3.41. The Bertz CT molecular complexity index is 250. The average molecular weight is 229 g/mol. The van der Waals surface area contributed by atoms with Gasteiger partial charge in [0.05, 0.1) is 0 Å². The summed E-state index contributed by atoms with van der Waals surface area (Å²) in [7, 11) is 0. The first-order valence-electron chi connectivity index (χ1n) is 4.05. The van der Waals surface area contributed by atoms with Gasteiger partial charge in [0.2, 0.25) is 0 Å². The zero-order valence-corrected chi connectivity index (χ0v) is 8.71. The van der Waals surface area contributed by atoms with E-state index in [9.17, 15) is 0 Å². The van der Waals surface area contributed by atoms with Crippen molar-refractivity contribution < 1.29 is 0 Å². The Morgan fingerprint density at radius 2 is 2.42 bits per heavy atom. The van der Waals surface area contributed by atoms with Crippen molar-refractivity contribution in [3.05, 3.63) is 28.5 Å². The van der Waals surface area contributed by atoms with Crippen LogP contribution < -0.4 is 5.73 Å². The minimum atomic E-state index is 0.451. The summed E-state index contributed by atoms with van der Waals surface area (Å²) in [5, 5.41) is 0. The van der Waals surface area contributed by atoms with E-state index >= 15 is 0 Å². The van der Waals surface area contributed by atoms with E-state index in [0.717, 1.165) is 23.1 Å². The lowest BCUT2D eigenvalue weighted by atomic mass is 10.0. The second kappa shape index (κ2) is 4.58. The van der Waals surface area contributed by atoms with Crippen LogP contribution in [0.25, 0.3) is 0 Å². The summed E-state index contributed by atoms with van der Waals surface area (Å²) in [5.74, 6) is 0.451. The Morgan fingerprint density at radius 3 is 3.00 bits per heavy atom. The highest BCUT2D eigenvalue weighted by atomic mass is 79.9. The molecule has 0 radical (unpaired) electrons. The number of hydrogen-bond donors (Lipinski definition) is 1. The molecule has 0 aliphatic carbocycles. The topological polar surface area (TPSA) is 38.9 Å². The Kier molecular flexibility index (Phi) is 3.69. The normalized spacial score (nSPS) is 12.9. The second-order valence-electron chi connectivity index (χ2n) is 2.88. The first-order valence-corrected chi connectivity index (χ1v) is 4.85. The van der Waals surface area contributed by atoms with Crippen LogP contribution >= 0.6 is 15.9 Å². The fraction of sp³-hybridized carbons (Fsp3) is 0.444. The van der Waals surface area contributed by atoms with Crippen molar-refractivity contribution in [3.8, 4) is 0 Å². The van der Waals surface area contributed by atoms with E-state index in [1.54, 1.807) is 0 Å². The van der Waals surface area contributed by atoms with Crippen molar-refractivity contribution in [2.75, 3.05) is 6.54 Å². The Hall–Kier alpha value is -0.410. The lowest BCUT2D eigenvalue weighted by Crippen LogP contribution is -2.05. The number of halogens is 1. The maximum atomic E-state index is 5.47. The quantitative estimate of drug-likeness (QED) is 0.863. The lowest BCUT2D eigenvalue weighted by Gasteiger charge is -2.08. The summed E-state index contributed by atoms with van der Waals surface area (Å²) in [4.78, 5) is 4.27. The van der Waals surface area contributed by atoms with Crippen LogP contribution in [0.3, 0.4) is 0 Å². The van der Waals surface area contributed by atoms with Crippen LogP contribution in [0.1, 0.15) is 25.0 Å². The molecule has 0 aromatic carbocycles. The zero-order valence-electron chi connectivity index (χ0n) is 7.13. The van der Waals surface area contributed by atoms with Crippen molar-refractivity contribution in [3.63, 3.8) is 0 Å². The van der Waals surface area contributed by atoms with Gasteiger partial charge in [0.1, 0.15) is 0 Å². The maximum Gasteiger partial charge on any atom is 0.0443 e. The van der Waals surface area contributed by atoms with Gasteiger partial charge in [-0.15, -0.1) is 0 Å². The van der Waals surface area contributed by atoms with Gasteiger partial charge in [-0.2, -0.15) is 0 Å². The molecule has 3 heteroatoms. The SMILES string of the molecule is CC(CCN)c1cc(Br)ccn1. The second-order valence-corrected chi connectivity index (χ2v) is 3.79. The summed E-state index contributed by atoms with van der Waals surface area (Å²) < 4.78 is 1.08. The van der Waals surface area contributed by atoms with Crippen molar-refractivity contribution in [1.29, 1.82) is 0 Å². The molecule has 0 amide bonds. The van der Waals surface area contributed by atoms with Gasteiger partial charge < -0.3 is 5.73 Å². The standard InChI is InChI=1S/C9H13BrN2/c1-7(2-4-11)9-6-8(10)3-5-12-9/h3,5-7H,2,4,11H2,1H3. The third kappa shape index (κ3) is 2.57. The summed E-state index contributed by atoms with van der Waals surface area (Å²) in [5.41, 5.74) is 6.57. The molecular weight excluding hydrogens is 216 g/mol. The molecule has 1 unspecified atom stereocenters. The fourth-order valence-electron chi connectivity index (χ4n) is 1.09. The number of aromatic nitrogens is 1. The number of nitrogens with zero attached hydrogens (tertiary/aromatic N) is 1. The van der Waals surface area contributed by atoms with E-state index in [2.05, 4.69) is 27.8 Å². The van der Waals surface area contributed by atoms with Gasteiger partial charge in [0, 0.05) is 16.4 Å². The molecule has 1 heterocycles. The van der Waals surface area contributed by atoms with E-state index in [4.69, 9.17) is 5.73 Å². The van der Waals surface area contributed by atoms with Crippen LogP contribution in [-0.2, 0) is 0 Å². The van der Waals surface area contributed by atoms with E-state index in [-0.39, 0.29) is 0 Å². The average Bonchev–Trinajstić information content (AvgIpc) is 2.05. The molecule has 0 spiro atoms. The van der Waals surface area contributed by atoms with Gasteiger partial charge >= 0.3 is 0 Å². The first-order chi connectivity index (χ1) is 5.74. The van der Waals surface area contributed by atoms with Crippen LogP contribution in [0.2, 0.25) is 0 Å². The highest BCUT2D eigenvalue weighted by molar-refractivity contribution is 9.10. The number of rotatable bonds is 3. The van der Waals surface area contributed by atoms with Crippen LogP contribution in [-0.4, -0.2) is 11.5 Å². The Morgan fingerprint density at radius 1 is 1.67 bits per heavy atom. The molecule has 66 valence electrons. The molecular formula is C9H13BrN2. The van der Waals surface area contributed by atoms with Crippen LogP contribution in [0.5, 0.6) is 0 Å². The fourth-order valence-corrected chi connectivity index (χ4v) is 1.44. The summed E-state index contributed by atoms with van der Waals surface area (Å²) in [6.45, 7) is 2.86. The smallest absolute Gasteiger partial charge is 0.0443 e. The molecule has 0 aliphatic rings. The molecule has 1 aromatic heterocycles. The predicted octanol–water partition coefficient (Wildman–Crippen LogP) is 2.30. The van der Waals surface area contributed by atoms with E-state index in [1.165, 1.54) is 0 Å². The summed E-state index contributed by atoms with van der Waals surface area (Å²) in [6, 6.07) is 3.97. The van der Waals surface area contributed by atoms with Gasteiger partial charge in [0.25, 0.3) is 0 Å². The third-order valence-electron chi connectivity index (χ3n) is 1.85. The first kappa shape index (κ1) is 9.68. The molecule has 2 nitrogen and oxygen atoms in total. The molecule has 1 atom stereocenters.